The van der Waals surface area contributed by atoms with Crippen molar-refractivity contribution >= 4 is 76.2 Å². The number of hydrogen-bond acceptors (Lipinski definition) is 0. The first-order chi connectivity index (χ1) is 25.3. The van der Waals surface area contributed by atoms with Crippen LogP contribution in [0.3, 0.4) is 0 Å². The standard InChI is InChI=1S/C49H28N2/c1-3-14-29(15-4-1)49(30-16-5-2-6-17-30)39-23-10-7-18-31(39)36-26-37-38-27-44-45(35-22-13-21-33-32-19-8-11-24-41(32)51(44)47(33)35)46-34-20-9-12-25-42(34)50(48(38)46)43(37)28-40(36)49/h1-28H. The Bertz CT molecular complexity index is 3360. The lowest BCUT2D eigenvalue weighted by atomic mass is 9.67. The van der Waals surface area contributed by atoms with Gasteiger partial charge in [0.05, 0.1) is 38.5 Å². The number of para-hydroxylation sites is 3. The minimum absolute atomic E-state index is 0.448. The van der Waals surface area contributed by atoms with Gasteiger partial charge >= 0.3 is 0 Å². The van der Waals surface area contributed by atoms with Gasteiger partial charge in [0.15, 0.2) is 0 Å². The van der Waals surface area contributed by atoms with E-state index < -0.39 is 5.41 Å². The van der Waals surface area contributed by atoms with Crippen LogP contribution >= 0.6 is 0 Å². The van der Waals surface area contributed by atoms with Crippen LogP contribution in [0.15, 0.2) is 170 Å². The highest BCUT2D eigenvalue weighted by Gasteiger charge is 2.46. The third-order valence-electron chi connectivity index (χ3n) is 12.2. The maximum Gasteiger partial charge on any atom is 0.0714 e. The molecule has 0 saturated carbocycles. The molecule has 8 aromatic carbocycles. The molecule has 2 nitrogen and oxygen atoms in total. The van der Waals surface area contributed by atoms with E-state index in [0.29, 0.717) is 0 Å². The molecule has 0 saturated heterocycles. The molecule has 0 aliphatic heterocycles. The van der Waals surface area contributed by atoms with Crippen molar-refractivity contribution in [3.8, 4) is 11.1 Å². The van der Waals surface area contributed by atoms with Crippen molar-refractivity contribution < 1.29 is 0 Å². The molecule has 0 spiro atoms. The van der Waals surface area contributed by atoms with Gasteiger partial charge in [-0.15, -0.1) is 0 Å². The third-order valence-corrected chi connectivity index (χ3v) is 12.2. The lowest BCUT2D eigenvalue weighted by Crippen LogP contribution is -2.28. The van der Waals surface area contributed by atoms with Crippen molar-refractivity contribution in [2.24, 2.45) is 0 Å². The number of benzene rings is 8. The van der Waals surface area contributed by atoms with Crippen LogP contribution in [0.5, 0.6) is 0 Å². The number of aromatic nitrogens is 2. The predicted octanol–water partition coefficient (Wildman–Crippen LogP) is 12.3. The van der Waals surface area contributed by atoms with Crippen molar-refractivity contribution in [1.82, 2.24) is 8.80 Å². The molecule has 13 rings (SSSR count). The van der Waals surface area contributed by atoms with Crippen LogP contribution in [0.2, 0.25) is 0 Å². The van der Waals surface area contributed by atoms with Crippen LogP contribution in [-0.4, -0.2) is 8.80 Å². The van der Waals surface area contributed by atoms with Gasteiger partial charge in [0.25, 0.3) is 0 Å². The fourth-order valence-corrected chi connectivity index (χ4v) is 10.4. The minimum Gasteiger partial charge on any atom is -0.308 e. The van der Waals surface area contributed by atoms with Crippen LogP contribution in [0, 0.1) is 0 Å². The molecule has 2 heteroatoms. The van der Waals surface area contributed by atoms with Crippen LogP contribution in [-0.2, 0) is 5.41 Å². The molecule has 0 bridgehead atoms. The zero-order valence-corrected chi connectivity index (χ0v) is 27.6. The van der Waals surface area contributed by atoms with Gasteiger partial charge in [-0.25, -0.2) is 0 Å². The fourth-order valence-electron chi connectivity index (χ4n) is 10.4. The highest BCUT2D eigenvalue weighted by molar-refractivity contribution is 6.38. The van der Waals surface area contributed by atoms with Crippen LogP contribution in [0.1, 0.15) is 22.3 Å². The minimum atomic E-state index is -0.448. The summed E-state index contributed by atoms with van der Waals surface area (Å²) in [5.74, 6) is 0. The molecule has 12 aromatic rings. The highest BCUT2D eigenvalue weighted by atomic mass is 14.9. The second-order valence-electron chi connectivity index (χ2n) is 14.4. The SMILES string of the molecule is c1ccc(C2(c3ccccc3)c3ccccc3-c3cc4c5cc6c(c7cccc8c9ccccc9n6c87)c6c7ccccc7n(c4cc32)c56)cc1. The molecule has 0 fully saturated rings. The van der Waals surface area contributed by atoms with Crippen molar-refractivity contribution in [3.05, 3.63) is 192 Å². The zero-order valence-electron chi connectivity index (χ0n) is 27.6. The zero-order chi connectivity index (χ0) is 33.0. The first-order valence-electron chi connectivity index (χ1n) is 17.9. The lowest BCUT2D eigenvalue weighted by Gasteiger charge is -2.33. The molecular weight excluding hydrogens is 617 g/mol. The summed E-state index contributed by atoms with van der Waals surface area (Å²) in [6, 6.07) is 63.7. The van der Waals surface area contributed by atoms with Gasteiger partial charge in [0, 0.05) is 43.1 Å². The quantitative estimate of drug-likeness (QED) is 0.177. The van der Waals surface area contributed by atoms with Gasteiger partial charge in [0.2, 0.25) is 0 Å². The molecular formula is C49H28N2. The molecule has 0 N–H and O–H groups in total. The largest absolute Gasteiger partial charge is 0.308 e. The number of rotatable bonds is 2. The maximum absolute atomic E-state index is 2.57. The Balaban J connectivity index is 1.28. The van der Waals surface area contributed by atoms with E-state index >= 15 is 0 Å². The van der Waals surface area contributed by atoms with Crippen molar-refractivity contribution in [3.63, 3.8) is 0 Å². The number of fused-ring (bicyclic) bond motifs is 16. The van der Waals surface area contributed by atoms with E-state index in [1.807, 2.05) is 0 Å². The smallest absolute Gasteiger partial charge is 0.0714 e. The summed E-state index contributed by atoms with van der Waals surface area (Å²) in [5.41, 5.74) is 15.2. The monoisotopic (exact) mass is 644 g/mol. The van der Waals surface area contributed by atoms with Crippen molar-refractivity contribution in [2.45, 2.75) is 5.41 Å². The van der Waals surface area contributed by atoms with E-state index in [9.17, 15) is 0 Å². The average molecular weight is 645 g/mol. The molecule has 0 atom stereocenters. The van der Waals surface area contributed by atoms with E-state index in [1.54, 1.807) is 0 Å². The summed E-state index contributed by atoms with van der Waals surface area (Å²) < 4.78 is 5.11. The Morgan fingerprint density at radius 3 is 1.71 bits per heavy atom. The molecule has 0 unspecified atom stereocenters. The predicted molar refractivity (Wildman–Crippen MR) is 213 cm³/mol. The van der Waals surface area contributed by atoms with E-state index in [4.69, 9.17) is 0 Å². The molecule has 4 heterocycles. The number of nitrogens with zero attached hydrogens (tertiary/aromatic N) is 2. The van der Waals surface area contributed by atoms with E-state index in [1.165, 1.54) is 110 Å². The lowest BCUT2D eigenvalue weighted by molar-refractivity contribution is 0.769. The Morgan fingerprint density at radius 1 is 0.314 bits per heavy atom. The second kappa shape index (κ2) is 8.93. The Morgan fingerprint density at radius 2 is 0.922 bits per heavy atom. The summed E-state index contributed by atoms with van der Waals surface area (Å²) >= 11 is 0. The Labute approximate surface area is 292 Å². The Kier molecular flexibility index (Phi) is 4.60. The van der Waals surface area contributed by atoms with Crippen LogP contribution < -0.4 is 0 Å². The van der Waals surface area contributed by atoms with E-state index in [0.717, 1.165) is 0 Å². The fraction of sp³-hybridized carbons (Fsp3) is 0.0204. The van der Waals surface area contributed by atoms with Gasteiger partial charge in [-0.3, -0.25) is 0 Å². The van der Waals surface area contributed by atoms with E-state index in [2.05, 4.69) is 179 Å². The topological polar surface area (TPSA) is 8.82 Å². The first-order valence-corrected chi connectivity index (χ1v) is 17.9. The highest BCUT2D eigenvalue weighted by Crippen LogP contribution is 2.58. The average Bonchev–Trinajstić information content (AvgIpc) is 3.97. The third kappa shape index (κ3) is 2.88. The summed E-state index contributed by atoms with van der Waals surface area (Å²) in [7, 11) is 0. The molecule has 1 aliphatic rings. The molecule has 1 aliphatic carbocycles. The summed E-state index contributed by atoms with van der Waals surface area (Å²) in [4.78, 5) is 0. The van der Waals surface area contributed by atoms with E-state index in [-0.39, 0.29) is 0 Å². The molecule has 51 heavy (non-hydrogen) atoms. The van der Waals surface area contributed by atoms with Gasteiger partial charge in [-0.1, -0.05) is 140 Å². The van der Waals surface area contributed by atoms with Gasteiger partial charge < -0.3 is 8.80 Å². The van der Waals surface area contributed by atoms with Gasteiger partial charge in [0.1, 0.15) is 0 Å². The first kappa shape index (κ1) is 26.3. The van der Waals surface area contributed by atoms with Gasteiger partial charge in [-0.05, 0) is 63.7 Å². The Hall–Kier alpha value is -6.64. The molecule has 0 radical (unpaired) electrons. The van der Waals surface area contributed by atoms with Crippen molar-refractivity contribution in [2.75, 3.05) is 0 Å². The molecule has 234 valence electrons. The summed E-state index contributed by atoms with van der Waals surface area (Å²) in [6.45, 7) is 0. The van der Waals surface area contributed by atoms with Gasteiger partial charge in [-0.2, -0.15) is 0 Å². The number of hydrogen-bond donors (Lipinski definition) is 0. The van der Waals surface area contributed by atoms with Crippen LogP contribution in [0.25, 0.3) is 87.3 Å². The summed E-state index contributed by atoms with van der Waals surface area (Å²) in [6.07, 6.45) is 0. The summed E-state index contributed by atoms with van der Waals surface area (Å²) in [5, 5.41) is 10.6. The molecule has 4 aromatic heterocycles. The second-order valence-corrected chi connectivity index (χ2v) is 14.4. The molecule has 0 amide bonds. The van der Waals surface area contributed by atoms with Crippen molar-refractivity contribution in [1.29, 1.82) is 0 Å². The maximum atomic E-state index is 2.57. The normalized spacial score (nSPS) is 14.0. The van der Waals surface area contributed by atoms with Crippen LogP contribution in [0.4, 0.5) is 0 Å².